The maximum absolute atomic E-state index is 12.9. The van der Waals surface area contributed by atoms with E-state index in [9.17, 15) is 18.7 Å². The Labute approximate surface area is 311 Å². The Kier molecular flexibility index (Phi) is 18.2. The fourth-order valence-corrected chi connectivity index (χ4v) is 8.50. The van der Waals surface area contributed by atoms with Crippen molar-refractivity contribution in [3.63, 3.8) is 0 Å². The van der Waals surface area contributed by atoms with Crippen molar-refractivity contribution < 1.29 is 37.2 Å². The summed E-state index contributed by atoms with van der Waals surface area (Å²) >= 11 is 22.5. The molecule has 4 rings (SSSR count). The lowest BCUT2D eigenvalue weighted by Gasteiger charge is -2.21. The number of benzene rings is 3. The van der Waals surface area contributed by atoms with E-state index in [4.69, 9.17) is 64.9 Å². The van der Waals surface area contributed by atoms with Crippen LogP contribution in [0.15, 0.2) is 66.2 Å². The summed E-state index contributed by atoms with van der Waals surface area (Å²) in [4.78, 5) is 24.5. The van der Waals surface area contributed by atoms with Crippen LogP contribution in [0.1, 0.15) is 26.3 Å². The Morgan fingerprint density at radius 2 is 1.12 bits per heavy atom. The van der Waals surface area contributed by atoms with E-state index in [-0.39, 0.29) is 55.2 Å². The number of carbonyl (C=O) groups is 2. The number of ether oxygens (including phenoxy) is 2. The van der Waals surface area contributed by atoms with Gasteiger partial charge in [0.2, 0.25) is 0 Å². The number of hydrogen-bond donors (Lipinski definition) is 4. The molecule has 0 fully saturated rings. The summed E-state index contributed by atoms with van der Waals surface area (Å²) in [6.45, 7) is 0.983. The molecule has 0 aliphatic heterocycles. The lowest BCUT2D eigenvalue weighted by molar-refractivity contribution is 0.0974. The van der Waals surface area contributed by atoms with E-state index in [0.29, 0.717) is 47.5 Å². The van der Waals surface area contributed by atoms with Crippen molar-refractivity contribution in [1.29, 1.82) is 0 Å². The Hall–Kier alpha value is -2.02. The molecule has 3 aromatic rings. The summed E-state index contributed by atoms with van der Waals surface area (Å²) in [6.07, 6.45) is 1.22. The lowest BCUT2D eigenvalue weighted by Crippen LogP contribution is -2.28. The van der Waals surface area contributed by atoms with Crippen LogP contribution in [0.3, 0.4) is 0 Å². The molecule has 1 aliphatic carbocycles. The number of carbonyl (C=O) groups excluding carboxylic acids is 2. The largest absolute Gasteiger partial charge is 0.496 e. The minimum absolute atomic E-state index is 0.0617. The average Bonchev–Trinajstić information content (AvgIpc) is 3.14. The number of halogens is 4. The van der Waals surface area contributed by atoms with Crippen LogP contribution in [-0.2, 0) is 24.8 Å². The normalized spacial score (nSPS) is 13.0. The number of allylic oxidation sites excluding steroid dienone is 1. The first-order chi connectivity index (χ1) is 24.1. The number of hydrogen-bond acceptors (Lipinski definition) is 8. The topological polar surface area (TPSA) is 153 Å². The smallest absolute Gasteiger partial charge is 0.341 e. The minimum atomic E-state index is -3.42. The number of rotatable bonds is 20. The van der Waals surface area contributed by atoms with Gasteiger partial charge in [-0.15, -0.1) is 46.4 Å². The van der Waals surface area contributed by atoms with E-state index in [1.54, 1.807) is 38.5 Å². The molecular formula is C32H40Cl4N4O8P2. The van der Waals surface area contributed by atoms with Gasteiger partial charge in [-0.1, -0.05) is 48.5 Å². The van der Waals surface area contributed by atoms with Crippen molar-refractivity contribution in [2.45, 2.75) is 6.61 Å². The highest BCUT2D eigenvalue weighted by Crippen LogP contribution is 2.42. The van der Waals surface area contributed by atoms with Crippen LogP contribution in [0, 0.1) is 0 Å². The molecule has 0 atom stereocenters. The summed E-state index contributed by atoms with van der Waals surface area (Å²) in [6, 6.07) is 16.1. The summed E-state index contributed by atoms with van der Waals surface area (Å²) in [7, 11) is -3.52. The molecule has 0 unspecified atom stereocenters. The second kappa shape index (κ2) is 21.5. The molecule has 18 heteroatoms. The molecule has 0 amide bonds. The summed E-state index contributed by atoms with van der Waals surface area (Å²) in [5.74, 6) is 1.85. The highest BCUT2D eigenvalue weighted by molar-refractivity contribution is 7.55. The number of ketones is 2. The molecule has 0 aromatic heterocycles. The maximum Gasteiger partial charge on any atom is 0.341 e. The number of alkyl halides is 4. The summed E-state index contributed by atoms with van der Waals surface area (Å²) in [5.41, 5.74) is 1.55. The van der Waals surface area contributed by atoms with Crippen molar-refractivity contribution in [2.24, 2.45) is 0 Å². The fourth-order valence-electron chi connectivity index (χ4n) is 4.74. The number of fused-ring (bicyclic) bond motifs is 2. The molecule has 0 saturated heterocycles. The zero-order valence-corrected chi connectivity index (χ0v) is 32.3. The van der Waals surface area contributed by atoms with Gasteiger partial charge < -0.3 is 18.5 Å². The predicted molar refractivity (Wildman–Crippen MR) is 201 cm³/mol. The van der Waals surface area contributed by atoms with Gasteiger partial charge in [-0.3, -0.25) is 18.7 Å². The fraction of sp³-hybridized carbons (Fsp3) is 0.375. The van der Waals surface area contributed by atoms with Gasteiger partial charge in [-0.2, -0.15) is 0 Å². The van der Waals surface area contributed by atoms with Crippen LogP contribution in [0.4, 0.5) is 0 Å². The number of Topliss-reactive ketones (excluding diaryl/α,β-unsaturated/α-hetero) is 1. The molecular weight excluding hydrogens is 772 g/mol. The quantitative estimate of drug-likeness (QED) is 0.0693. The third-order valence-corrected chi connectivity index (χ3v) is 11.3. The standard InChI is InChI=1S/C17H23Cl2N2O4P.C15H17Cl2N2O4P/c1-23-16-11-13(17(24-2)15-6-4-3-5-14(15)16)12-25-26(22,20-9-7-18)21-10-8-19;16-5-7-18-24(22,19-8-6-17)23-10-11-9-14(20)12-3-1-2-4-13(12)15(11)21/h3-6,11H,7-10,12H2,1-2H3,(H2,20,21,22);1-4,9H,5-8,10H2,(H2,18,19,22). The van der Waals surface area contributed by atoms with Crippen molar-refractivity contribution in [2.75, 3.05) is 70.5 Å². The van der Waals surface area contributed by atoms with Crippen LogP contribution >= 0.6 is 61.7 Å². The van der Waals surface area contributed by atoms with Crippen molar-refractivity contribution in [3.05, 3.63) is 82.9 Å². The van der Waals surface area contributed by atoms with E-state index in [0.717, 1.165) is 16.3 Å². The van der Waals surface area contributed by atoms with Gasteiger partial charge in [0.25, 0.3) is 0 Å². The van der Waals surface area contributed by atoms with Crippen LogP contribution in [0.2, 0.25) is 0 Å². The number of methoxy groups -OCH3 is 2. The van der Waals surface area contributed by atoms with E-state index < -0.39 is 15.3 Å². The maximum atomic E-state index is 12.9. The van der Waals surface area contributed by atoms with Gasteiger partial charge in [0, 0.05) is 82.7 Å². The molecule has 0 saturated carbocycles. The third-order valence-electron chi connectivity index (χ3n) is 6.95. The Balaban J connectivity index is 0.000000271. The Morgan fingerprint density at radius 3 is 1.62 bits per heavy atom. The van der Waals surface area contributed by atoms with E-state index in [1.165, 1.54) is 6.08 Å². The van der Waals surface area contributed by atoms with Crippen molar-refractivity contribution in [1.82, 2.24) is 20.3 Å². The SMILES string of the molecule is COc1cc(COP(=O)(NCCCl)NCCCl)c(OC)c2ccccc12.O=C1C=C(COP(=O)(NCCCl)NCCCl)C(=O)c2ccccc21. The molecule has 0 spiro atoms. The molecule has 50 heavy (non-hydrogen) atoms. The van der Waals surface area contributed by atoms with E-state index >= 15 is 0 Å². The first kappa shape index (κ1) is 42.4. The highest BCUT2D eigenvalue weighted by Gasteiger charge is 2.29. The Morgan fingerprint density at radius 1 is 0.640 bits per heavy atom. The van der Waals surface area contributed by atoms with Gasteiger partial charge >= 0.3 is 15.3 Å². The summed E-state index contributed by atoms with van der Waals surface area (Å²) in [5, 5.41) is 12.8. The van der Waals surface area contributed by atoms with Crippen LogP contribution in [0.5, 0.6) is 11.5 Å². The van der Waals surface area contributed by atoms with Gasteiger partial charge in [0.05, 0.1) is 27.4 Å². The van der Waals surface area contributed by atoms with Crippen LogP contribution < -0.4 is 29.8 Å². The minimum Gasteiger partial charge on any atom is -0.496 e. The summed E-state index contributed by atoms with van der Waals surface area (Å²) < 4.78 is 47.6. The Bertz CT molecular complexity index is 1710. The second-order valence-corrected chi connectivity index (χ2v) is 15.8. The van der Waals surface area contributed by atoms with Crippen molar-refractivity contribution >= 4 is 84.1 Å². The second-order valence-electron chi connectivity index (χ2n) is 10.3. The molecule has 3 aromatic carbocycles. The molecule has 0 bridgehead atoms. The zero-order valence-electron chi connectivity index (χ0n) is 27.5. The lowest BCUT2D eigenvalue weighted by atomic mass is 9.90. The van der Waals surface area contributed by atoms with E-state index in [1.807, 2.05) is 30.3 Å². The van der Waals surface area contributed by atoms with E-state index in [2.05, 4.69) is 20.3 Å². The number of nitrogens with one attached hydrogen (secondary N) is 4. The van der Waals surface area contributed by atoms with Gasteiger partial charge in [-0.25, -0.2) is 20.3 Å². The molecule has 0 heterocycles. The average molecular weight is 812 g/mol. The third kappa shape index (κ3) is 12.0. The van der Waals surface area contributed by atoms with Gasteiger partial charge in [-0.05, 0) is 12.1 Å². The molecule has 0 radical (unpaired) electrons. The van der Waals surface area contributed by atoms with Crippen LogP contribution in [0.25, 0.3) is 10.8 Å². The molecule has 4 N–H and O–H groups in total. The molecule has 12 nitrogen and oxygen atoms in total. The first-order valence-corrected chi connectivity index (χ1v) is 20.7. The molecule has 1 aliphatic rings. The first-order valence-electron chi connectivity index (χ1n) is 15.3. The predicted octanol–water partition coefficient (Wildman–Crippen LogP) is 6.91. The van der Waals surface area contributed by atoms with Crippen molar-refractivity contribution in [3.8, 4) is 11.5 Å². The van der Waals surface area contributed by atoms with Gasteiger partial charge in [0.1, 0.15) is 11.5 Å². The molecule has 274 valence electrons. The monoisotopic (exact) mass is 810 g/mol. The highest BCUT2D eigenvalue weighted by atomic mass is 35.5. The zero-order chi connectivity index (χ0) is 36.6. The van der Waals surface area contributed by atoms with Gasteiger partial charge in [0.15, 0.2) is 11.6 Å². The van der Waals surface area contributed by atoms with Crippen LogP contribution in [-0.4, -0.2) is 82.1 Å².